The summed E-state index contributed by atoms with van der Waals surface area (Å²) < 4.78 is 1.76. The van der Waals surface area contributed by atoms with Gasteiger partial charge in [-0.1, -0.05) is 24.8 Å². The first kappa shape index (κ1) is 18.7. The van der Waals surface area contributed by atoms with Crippen molar-refractivity contribution in [2.75, 3.05) is 0 Å². The van der Waals surface area contributed by atoms with E-state index in [-0.39, 0.29) is 5.56 Å². The maximum Gasteiger partial charge on any atom is 0.269 e. The van der Waals surface area contributed by atoms with Crippen LogP contribution < -0.4 is 5.56 Å². The van der Waals surface area contributed by atoms with E-state index >= 15 is 0 Å². The van der Waals surface area contributed by atoms with Crippen molar-refractivity contribution >= 4 is 27.6 Å². The second-order valence-corrected chi connectivity index (χ2v) is 7.59. The van der Waals surface area contributed by atoms with Crippen molar-refractivity contribution < 1.29 is 0 Å². The van der Waals surface area contributed by atoms with Crippen LogP contribution in [0.4, 0.5) is 5.82 Å². The Kier molecular flexibility index (Phi) is 4.34. The minimum atomic E-state index is -0.0864. The lowest BCUT2D eigenvalue weighted by Crippen LogP contribution is -2.18. The molecule has 5 rings (SSSR count). The molecule has 0 spiro atoms. The van der Waals surface area contributed by atoms with Crippen molar-refractivity contribution in [1.82, 2.24) is 14.5 Å². The Morgan fingerprint density at radius 1 is 0.839 bits per heavy atom. The molecule has 0 bridgehead atoms. The van der Waals surface area contributed by atoms with Gasteiger partial charge in [-0.15, -0.1) is 4.98 Å². The number of aryl methyl sites for hydroxylation is 2. The lowest BCUT2D eigenvalue weighted by molar-refractivity contribution is 1.04. The second-order valence-electron chi connectivity index (χ2n) is 7.59. The molecule has 3 aromatic heterocycles. The lowest BCUT2D eigenvalue weighted by Gasteiger charge is -2.14. The van der Waals surface area contributed by atoms with Crippen LogP contribution in [0.25, 0.3) is 43.5 Å². The molecule has 0 N–H and O–H groups in total. The highest BCUT2D eigenvalue weighted by atomic mass is 16.1. The Labute approximate surface area is 179 Å². The molecule has 2 aromatic carbocycles. The largest absolute Gasteiger partial charge is 0.361 e. The zero-order valence-corrected chi connectivity index (χ0v) is 17.1. The second kappa shape index (κ2) is 7.19. The van der Waals surface area contributed by atoms with Crippen LogP contribution in [0, 0.1) is 20.4 Å². The van der Waals surface area contributed by atoms with Crippen LogP contribution in [-0.4, -0.2) is 14.5 Å². The number of hydrogen-bond donors (Lipinski definition) is 0. The van der Waals surface area contributed by atoms with E-state index in [1.807, 2.05) is 55.5 Å². The van der Waals surface area contributed by atoms with Gasteiger partial charge in [-0.3, -0.25) is 14.3 Å². The van der Waals surface area contributed by atoms with Crippen LogP contribution in [0.2, 0.25) is 0 Å². The number of benzene rings is 2. The first-order valence-corrected chi connectivity index (χ1v) is 9.91. The minimum Gasteiger partial charge on any atom is -0.361 e. The van der Waals surface area contributed by atoms with E-state index in [4.69, 9.17) is 6.57 Å². The standard InChI is InChI=1S/C26H18N4O/c1-16-4-8-21(12-17(16)2)30-25(31)11-7-20-15-28-23-9-5-18(13-22(23)26(20)30)19-6-10-24(27-3)29-14-19/h4-15H,1-2H3. The van der Waals surface area contributed by atoms with Crippen LogP contribution in [-0.2, 0) is 0 Å². The average molecular weight is 402 g/mol. The summed E-state index contributed by atoms with van der Waals surface area (Å²) in [6.07, 6.45) is 3.50. The zero-order valence-electron chi connectivity index (χ0n) is 17.1. The number of nitrogens with zero attached hydrogens (tertiary/aromatic N) is 4. The molecule has 0 aliphatic heterocycles. The Hall–Kier alpha value is -4.30. The molecule has 0 saturated heterocycles. The van der Waals surface area contributed by atoms with Crippen molar-refractivity contribution in [2.45, 2.75) is 13.8 Å². The van der Waals surface area contributed by atoms with Crippen molar-refractivity contribution in [1.29, 1.82) is 0 Å². The molecule has 0 saturated carbocycles. The maximum absolute atomic E-state index is 13.0. The number of rotatable bonds is 2. The molecule has 0 aliphatic carbocycles. The molecular formula is C26H18N4O. The van der Waals surface area contributed by atoms with Crippen molar-refractivity contribution in [3.8, 4) is 16.8 Å². The van der Waals surface area contributed by atoms with Crippen molar-refractivity contribution in [3.63, 3.8) is 0 Å². The molecule has 0 aliphatic rings. The quantitative estimate of drug-likeness (QED) is 0.278. The van der Waals surface area contributed by atoms with Gasteiger partial charge in [-0.25, -0.2) is 0 Å². The average Bonchev–Trinajstić information content (AvgIpc) is 2.80. The summed E-state index contributed by atoms with van der Waals surface area (Å²) in [6, 6.07) is 19.0. The molecule has 0 radical (unpaired) electrons. The number of hydrogen-bond acceptors (Lipinski definition) is 3. The topological polar surface area (TPSA) is 52.1 Å². The summed E-state index contributed by atoms with van der Waals surface area (Å²) in [7, 11) is 0. The first-order chi connectivity index (χ1) is 15.0. The van der Waals surface area contributed by atoms with E-state index in [0.29, 0.717) is 5.82 Å². The van der Waals surface area contributed by atoms with Gasteiger partial charge < -0.3 is 4.85 Å². The SMILES string of the molecule is [C-]#[N+]c1ccc(-c2ccc3ncc4ccc(=O)n(-c5ccc(C)c(C)c5)c4c3c2)cn1. The summed E-state index contributed by atoms with van der Waals surface area (Å²) in [6.45, 7) is 11.2. The first-order valence-electron chi connectivity index (χ1n) is 9.91. The Morgan fingerprint density at radius 3 is 2.42 bits per heavy atom. The van der Waals surface area contributed by atoms with Gasteiger partial charge in [-0.2, -0.15) is 0 Å². The Balaban J connectivity index is 1.84. The normalized spacial score (nSPS) is 11.0. The Bertz CT molecular complexity index is 1570. The molecule has 5 nitrogen and oxygen atoms in total. The van der Waals surface area contributed by atoms with E-state index in [1.165, 1.54) is 5.56 Å². The van der Waals surface area contributed by atoms with Gasteiger partial charge in [0.25, 0.3) is 11.4 Å². The van der Waals surface area contributed by atoms with Crippen molar-refractivity contribution in [2.24, 2.45) is 0 Å². The van der Waals surface area contributed by atoms with Crippen LogP contribution >= 0.6 is 0 Å². The van der Waals surface area contributed by atoms with Gasteiger partial charge in [-0.05, 0) is 66.9 Å². The van der Waals surface area contributed by atoms with E-state index in [9.17, 15) is 4.79 Å². The molecule has 3 heterocycles. The summed E-state index contributed by atoms with van der Waals surface area (Å²) >= 11 is 0. The van der Waals surface area contributed by atoms with Gasteiger partial charge in [0, 0.05) is 34.3 Å². The highest BCUT2D eigenvalue weighted by Gasteiger charge is 2.12. The molecule has 0 atom stereocenters. The third-order valence-electron chi connectivity index (χ3n) is 5.66. The number of pyridine rings is 3. The van der Waals surface area contributed by atoms with E-state index < -0.39 is 0 Å². The van der Waals surface area contributed by atoms with Crippen LogP contribution in [0.1, 0.15) is 11.1 Å². The highest BCUT2D eigenvalue weighted by molar-refractivity contribution is 6.05. The van der Waals surface area contributed by atoms with Crippen LogP contribution in [0.5, 0.6) is 0 Å². The molecule has 5 heteroatoms. The number of fused-ring (bicyclic) bond motifs is 3. The van der Waals surface area contributed by atoms with E-state index in [1.54, 1.807) is 29.1 Å². The highest BCUT2D eigenvalue weighted by Crippen LogP contribution is 2.30. The Morgan fingerprint density at radius 2 is 1.68 bits per heavy atom. The smallest absolute Gasteiger partial charge is 0.269 e. The third-order valence-corrected chi connectivity index (χ3v) is 5.66. The molecule has 0 unspecified atom stereocenters. The molecule has 0 fully saturated rings. The maximum atomic E-state index is 13.0. The predicted molar refractivity (Wildman–Crippen MR) is 124 cm³/mol. The number of aromatic nitrogens is 3. The van der Waals surface area contributed by atoms with Crippen LogP contribution in [0.15, 0.2) is 77.9 Å². The zero-order chi connectivity index (χ0) is 21.5. The minimum absolute atomic E-state index is 0.0864. The fourth-order valence-corrected chi connectivity index (χ4v) is 3.83. The lowest BCUT2D eigenvalue weighted by atomic mass is 10.0. The predicted octanol–water partition coefficient (Wildman–Crippen LogP) is 5.77. The van der Waals surface area contributed by atoms with Gasteiger partial charge in [0.2, 0.25) is 0 Å². The van der Waals surface area contributed by atoms with Gasteiger partial charge in [0.1, 0.15) is 6.20 Å². The van der Waals surface area contributed by atoms with Crippen molar-refractivity contribution in [3.05, 3.63) is 106 Å². The summed E-state index contributed by atoms with van der Waals surface area (Å²) in [5.41, 5.74) is 6.55. The molecule has 148 valence electrons. The van der Waals surface area contributed by atoms with Gasteiger partial charge in [0.15, 0.2) is 0 Å². The summed E-state index contributed by atoms with van der Waals surface area (Å²) in [5, 5.41) is 1.78. The summed E-state index contributed by atoms with van der Waals surface area (Å²) in [4.78, 5) is 25.1. The van der Waals surface area contributed by atoms with Gasteiger partial charge >= 0.3 is 0 Å². The van der Waals surface area contributed by atoms with Crippen LogP contribution in [0.3, 0.4) is 0 Å². The summed E-state index contributed by atoms with van der Waals surface area (Å²) in [5.74, 6) is 0.361. The van der Waals surface area contributed by atoms with Gasteiger partial charge in [0.05, 0.1) is 11.0 Å². The fraction of sp³-hybridized carbons (Fsp3) is 0.0769. The fourth-order valence-electron chi connectivity index (χ4n) is 3.83. The third kappa shape index (κ3) is 3.15. The van der Waals surface area contributed by atoms with E-state index in [0.717, 1.165) is 44.2 Å². The monoisotopic (exact) mass is 402 g/mol. The molecule has 31 heavy (non-hydrogen) atoms. The molecule has 0 amide bonds. The molecular weight excluding hydrogens is 384 g/mol. The molecule has 5 aromatic rings. The van der Waals surface area contributed by atoms with E-state index in [2.05, 4.69) is 21.7 Å².